The zero-order valence-electron chi connectivity index (χ0n) is 21.8. The molecule has 6 heteroatoms. The fourth-order valence-electron chi connectivity index (χ4n) is 9.38. The van der Waals surface area contributed by atoms with E-state index in [1.54, 1.807) is 24.2 Å². The molecule has 4 fully saturated rings. The molecule has 192 valence electrons. The van der Waals surface area contributed by atoms with Crippen molar-refractivity contribution in [1.82, 2.24) is 9.78 Å². The van der Waals surface area contributed by atoms with Crippen LogP contribution in [0, 0.1) is 51.8 Å². The Morgan fingerprint density at radius 1 is 1.11 bits per heavy atom. The first kappa shape index (κ1) is 25.0. The van der Waals surface area contributed by atoms with Gasteiger partial charge in [-0.15, -0.1) is 0 Å². The molecular weight excluding hydrogens is 438 g/mol. The number of fused-ring (bicyclic) bond motifs is 5. The summed E-state index contributed by atoms with van der Waals surface area (Å²) in [7, 11) is 1.70. The highest BCUT2D eigenvalue weighted by Crippen LogP contribution is 2.66. The van der Waals surface area contributed by atoms with Gasteiger partial charge in [0.05, 0.1) is 30.5 Å². The minimum Gasteiger partial charge on any atom is -0.387 e. The highest BCUT2D eigenvalue weighted by molar-refractivity contribution is 5.81. The molecule has 0 saturated heterocycles. The van der Waals surface area contributed by atoms with Gasteiger partial charge in [0.15, 0.2) is 5.78 Å². The number of ether oxygens (including phenoxy) is 1. The van der Waals surface area contributed by atoms with Gasteiger partial charge in [-0.3, -0.25) is 9.48 Å². The molecular formula is C29H43N3O3. The molecule has 0 aliphatic heterocycles. The molecule has 1 N–H and O–H groups in total. The van der Waals surface area contributed by atoms with Gasteiger partial charge in [-0.2, -0.15) is 10.4 Å². The first-order chi connectivity index (χ1) is 16.7. The summed E-state index contributed by atoms with van der Waals surface area (Å²) in [5, 5.41) is 24.5. The molecule has 1 aromatic heterocycles. The molecule has 1 heterocycles. The summed E-state index contributed by atoms with van der Waals surface area (Å²) >= 11 is 0. The van der Waals surface area contributed by atoms with Crippen LogP contribution >= 0.6 is 0 Å². The SMILES string of the molecule is COC[C@]1(O)CC[C@H]2CC[C@@H]3[C@H](CC[C@]4(C)[C@@H](C(=O)Cn5cc(C#N)cn5)CCC[C@@H]34)[C@@]2(C)CC1. The van der Waals surface area contributed by atoms with Gasteiger partial charge in [-0.25, -0.2) is 0 Å². The molecule has 8 atom stereocenters. The maximum atomic E-state index is 13.6. The normalized spacial score (nSPS) is 43.2. The van der Waals surface area contributed by atoms with Crippen LogP contribution in [0.25, 0.3) is 0 Å². The van der Waals surface area contributed by atoms with Gasteiger partial charge in [-0.1, -0.05) is 20.3 Å². The van der Waals surface area contributed by atoms with Crippen molar-refractivity contribution in [2.45, 2.75) is 96.6 Å². The molecule has 0 spiro atoms. The zero-order chi connectivity index (χ0) is 24.8. The highest BCUT2D eigenvalue weighted by atomic mass is 16.5. The maximum absolute atomic E-state index is 13.6. The number of aromatic nitrogens is 2. The van der Waals surface area contributed by atoms with Crippen molar-refractivity contribution in [2.75, 3.05) is 13.7 Å². The van der Waals surface area contributed by atoms with Crippen LogP contribution in [0.4, 0.5) is 0 Å². The van der Waals surface area contributed by atoms with E-state index in [4.69, 9.17) is 10.00 Å². The van der Waals surface area contributed by atoms with Crippen molar-refractivity contribution in [3.8, 4) is 6.07 Å². The van der Waals surface area contributed by atoms with E-state index >= 15 is 0 Å². The number of aliphatic hydroxyl groups is 1. The van der Waals surface area contributed by atoms with Crippen LogP contribution in [0.1, 0.15) is 90.0 Å². The number of hydrogen-bond acceptors (Lipinski definition) is 5. The van der Waals surface area contributed by atoms with Crippen molar-refractivity contribution >= 4 is 5.78 Å². The van der Waals surface area contributed by atoms with Crippen LogP contribution in [0.2, 0.25) is 0 Å². The number of nitriles is 1. The molecule has 4 aliphatic rings. The summed E-state index contributed by atoms with van der Waals surface area (Å²) in [6.07, 6.45) is 15.4. The monoisotopic (exact) mass is 481 g/mol. The fourth-order valence-corrected chi connectivity index (χ4v) is 9.38. The van der Waals surface area contributed by atoms with Gasteiger partial charge in [-0.05, 0) is 98.7 Å². The molecule has 0 amide bonds. The summed E-state index contributed by atoms with van der Waals surface area (Å²) in [6.45, 7) is 5.67. The molecule has 5 rings (SSSR count). The van der Waals surface area contributed by atoms with Gasteiger partial charge in [0.1, 0.15) is 6.07 Å². The van der Waals surface area contributed by atoms with E-state index in [0.717, 1.165) is 44.9 Å². The highest BCUT2D eigenvalue weighted by Gasteiger charge is 2.59. The molecule has 0 bridgehead atoms. The Kier molecular flexibility index (Phi) is 6.64. The average Bonchev–Trinajstić information content (AvgIpc) is 3.24. The van der Waals surface area contributed by atoms with E-state index in [2.05, 4.69) is 25.0 Å². The van der Waals surface area contributed by atoms with Crippen LogP contribution in [-0.4, -0.2) is 40.0 Å². The van der Waals surface area contributed by atoms with Crippen LogP contribution < -0.4 is 0 Å². The largest absolute Gasteiger partial charge is 0.387 e. The lowest BCUT2D eigenvalue weighted by Gasteiger charge is -2.62. The van der Waals surface area contributed by atoms with Crippen molar-refractivity contribution in [3.63, 3.8) is 0 Å². The van der Waals surface area contributed by atoms with Crippen LogP contribution in [-0.2, 0) is 16.1 Å². The molecule has 4 aliphatic carbocycles. The van der Waals surface area contributed by atoms with E-state index in [9.17, 15) is 9.90 Å². The third-order valence-electron chi connectivity index (χ3n) is 11.3. The number of methoxy groups -OCH3 is 1. The van der Waals surface area contributed by atoms with E-state index < -0.39 is 5.60 Å². The van der Waals surface area contributed by atoms with Gasteiger partial charge >= 0.3 is 0 Å². The minimum absolute atomic E-state index is 0.0619. The number of rotatable bonds is 5. The Labute approximate surface area is 210 Å². The van der Waals surface area contributed by atoms with Crippen molar-refractivity contribution in [3.05, 3.63) is 18.0 Å². The third-order valence-corrected chi connectivity index (χ3v) is 11.3. The number of nitrogens with zero attached hydrogens (tertiary/aromatic N) is 3. The van der Waals surface area contributed by atoms with Crippen LogP contribution in [0.3, 0.4) is 0 Å². The van der Waals surface area contributed by atoms with E-state index in [1.165, 1.54) is 25.7 Å². The van der Waals surface area contributed by atoms with Crippen LogP contribution in [0.15, 0.2) is 12.4 Å². The molecule has 35 heavy (non-hydrogen) atoms. The quantitative estimate of drug-likeness (QED) is 0.629. The molecule has 0 radical (unpaired) electrons. The van der Waals surface area contributed by atoms with Crippen molar-refractivity contribution < 1.29 is 14.6 Å². The lowest BCUT2D eigenvalue weighted by atomic mass is 9.42. The Morgan fingerprint density at radius 3 is 2.66 bits per heavy atom. The number of hydrogen-bond donors (Lipinski definition) is 1. The number of carbonyl (C=O) groups is 1. The third kappa shape index (κ3) is 4.27. The lowest BCUT2D eigenvalue weighted by molar-refractivity contribution is -0.152. The number of carbonyl (C=O) groups excluding carboxylic acids is 1. The number of ketones is 1. The predicted molar refractivity (Wildman–Crippen MR) is 133 cm³/mol. The maximum Gasteiger partial charge on any atom is 0.157 e. The average molecular weight is 482 g/mol. The fraction of sp³-hybridized carbons (Fsp3) is 0.828. The van der Waals surface area contributed by atoms with E-state index in [-0.39, 0.29) is 23.3 Å². The second-order valence-electron chi connectivity index (χ2n) is 12.9. The second-order valence-corrected chi connectivity index (χ2v) is 12.9. The molecule has 0 unspecified atom stereocenters. The molecule has 6 nitrogen and oxygen atoms in total. The van der Waals surface area contributed by atoms with E-state index in [1.807, 2.05) is 0 Å². The Bertz CT molecular complexity index is 984. The summed E-state index contributed by atoms with van der Waals surface area (Å²) in [6, 6.07) is 2.11. The van der Waals surface area contributed by atoms with Gasteiger partial charge in [0.25, 0.3) is 0 Å². The zero-order valence-corrected chi connectivity index (χ0v) is 21.8. The summed E-state index contributed by atoms with van der Waals surface area (Å²) in [5.74, 6) is 3.06. The van der Waals surface area contributed by atoms with Gasteiger partial charge in [0, 0.05) is 19.2 Å². The Morgan fingerprint density at radius 2 is 1.91 bits per heavy atom. The lowest BCUT2D eigenvalue weighted by Crippen LogP contribution is -2.56. The number of Topliss-reactive ketones (excluding diaryl/α,β-unsaturated/α-hetero) is 1. The summed E-state index contributed by atoms with van der Waals surface area (Å²) in [4.78, 5) is 13.6. The summed E-state index contributed by atoms with van der Waals surface area (Å²) in [5.41, 5.74) is 0.180. The Hall–Kier alpha value is -1.71. The molecule has 0 aromatic carbocycles. The topological polar surface area (TPSA) is 88.1 Å². The first-order valence-corrected chi connectivity index (χ1v) is 13.9. The van der Waals surface area contributed by atoms with Crippen LogP contribution in [0.5, 0.6) is 0 Å². The smallest absolute Gasteiger partial charge is 0.157 e. The molecule has 4 saturated carbocycles. The van der Waals surface area contributed by atoms with Gasteiger partial charge < -0.3 is 9.84 Å². The standard InChI is InChI=1S/C29H43N3O3/c1-27-13-14-29(34,19-35-3)12-9-21(27)7-8-22-23-5-4-6-25(28(23,2)11-10-24(22)27)26(33)18-32-17-20(15-30)16-31-32/h16-17,21-25,34H,4-14,18-19H2,1-3H3/t21-,22+,23+,24+,25-,27+,28+,29+/m1/s1. The van der Waals surface area contributed by atoms with E-state index in [0.29, 0.717) is 41.6 Å². The summed E-state index contributed by atoms with van der Waals surface area (Å²) < 4.78 is 7.05. The van der Waals surface area contributed by atoms with Gasteiger partial charge in [0.2, 0.25) is 0 Å². The second kappa shape index (κ2) is 9.30. The Balaban J connectivity index is 1.35. The minimum atomic E-state index is -0.673. The first-order valence-electron chi connectivity index (χ1n) is 13.9. The van der Waals surface area contributed by atoms with Crippen molar-refractivity contribution in [1.29, 1.82) is 5.26 Å². The molecule has 1 aromatic rings. The predicted octanol–water partition coefficient (Wildman–Crippen LogP) is 5.14. The van der Waals surface area contributed by atoms with Crippen molar-refractivity contribution in [2.24, 2.45) is 40.4 Å².